The van der Waals surface area contributed by atoms with Crippen LogP contribution in [-0.2, 0) is 20.9 Å². The van der Waals surface area contributed by atoms with Gasteiger partial charge in [0.2, 0.25) is 5.91 Å². The fraction of sp³-hybridized carbons (Fsp3) is 0.636. The molecule has 0 aliphatic carbocycles. The first-order valence-electron chi connectivity index (χ1n) is 10.4. The Balaban J connectivity index is 1.45. The van der Waals surface area contributed by atoms with E-state index in [0.29, 0.717) is 6.54 Å². The van der Waals surface area contributed by atoms with E-state index in [0.717, 1.165) is 39.0 Å². The molecule has 2 saturated heterocycles. The molecular formula is C22H33N3O3. The van der Waals surface area contributed by atoms with Gasteiger partial charge >= 0.3 is 5.97 Å². The van der Waals surface area contributed by atoms with Crippen LogP contribution in [-0.4, -0.2) is 65.5 Å². The Hall–Kier alpha value is -1.92. The van der Waals surface area contributed by atoms with Crippen molar-refractivity contribution in [3.8, 4) is 0 Å². The average molecular weight is 388 g/mol. The first kappa shape index (κ1) is 20.8. The zero-order valence-corrected chi connectivity index (χ0v) is 17.3. The minimum absolute atomic E-state index is 0.0541. The fourth-order valence-corrected chi connectivity index (χ4v) is 4.20. The van der Waals surface area contributed by atoms with Gasteiger partial charge < -0.3 is 10.1 Å². The summed E-state index contributed by atoms with van der Waals surface area (Å²) in [6.45, 7) is 10.1. The molecule has 1 aromatic carbocycles. The number of benzene rings is 1. The number of hydrogen-bond donors (Lipinski definition) is 1. The summed E-state index contributed by atoms with van der Waals surface area (Å²) in [5.41, 5.74) is 0.828. The van der Waals surface area contributed by atoms with Crippen LogP contribution >= 0.6 is 0 Å². The van der Waals surface area contributed by atoms with Crippen LogP contribution in [0.3, 0.4) is 0 Å². The van der Waals surface area contributed by atoms with Gasteiger partial charge in [0.25, 0.3) is 0 Å². The molecule has 2 heterocycles. The Morgan fingerprint density at radius 1 is 1.21 bits per heavy atom. The summed E-state index contributed by atoms with van der Waals surface area (Å²) in [5, 5.41) is 3.14. The smallest absolute Gasteiger partial charge is 0.324 e. The molecular weight excluding hydrogens is 354 g/mol. The Kier molecular flexibility index (Phi) is 6.73. The van der Waals surface area contributed by atoms with Gasteiger partial charge in [-0.25, -0.2) is 0 Å². The van der Waals surface area contributed by atoms with Crippen molar-refractivity contribution in [2.75, 3.05) is 26.2 Å². The number of likely N-dealkylation sites (tertiary alicyclic amines) is 1. The predicted octanol–water partition coefficient (Wildman–Crippen LogP) is 2.18. The summed E-state index contributed by atoms with van der Waals surface area (Å²) in [5.74, 6) is -0.340. The van der Waals surface area contributed by atoms with Gasteiger partial charge in [-0.3, -0.25) is 19.4 Å². The summed E-state index contributed by atoms with van der Waals surface area (Å²) in [6.07, 6.45) is 2.06. The third kappa shape index (κ3) is 5.55. The highest BCUT2D eigenvalue weighted by molar-refractivity contribution is 5.86. The van der Waals surface area contributed by atoms with Crippen molar-refractivity contribution in [3.63, 3.8) is 0 Å². The third-order valence-corrected chi connectivity index (χ3v) is 5.66. The van der Waals surface area contributed by atoms with Crippen LogP contribution in [0.25, 0.3) is 0 Å². The summed E-state index contributed by atoms with van der Waals surface area (Å²) in [7, 11) is 0. The van der Waals surface area contributed by atoms with Crippen molar-refractivity contribution in [1.29, 1.82) is 0 Å². The highest BCUT2D eigenvalue weighted by atomic mass is 16.6. The third-order valence-electron chi connectivity index (χ3n) is 5.66. The van der Waals surface area contributed by atoms with Crippen molar-refractivity contribution < 1.29 is 14.3 Å². The standard InChI is InChI=1S/C22H33N3O3/c1-4-25-16-22(2,3)28-21(27)19(25)14-20(26)23-18-10-12-24(13-11-18)15-17-8-6-5-7-9-17/h5-9,18-19H,4,10-16H2,1-3H3,(H,23,26). The van der Waals surface area contributed by atoms with Crippen LogP contribution < -0.4 is 5.32 Å². The highest BCUT2D eigenvalue weighted by Crippen LogP contribution is 2.23. The van der Waals surface area contributed by atoms with Gasteiger partial charge in [-0.15, -0.1) is 0 Å². The number of morpholine rings is 1. The number of nitrogens with one attached hydrogen (secondary N) is 1. The van der Waals surface area contributed by atoms with Gasteiger partial charge in [-0.05, 0) is 38.8 Å². The first-order chi connectivity index (χ1) is 13.4. The maximum atomic E-state index is 12.6. The minimum atomic E-state index is -0.494. The number of cyclic esters (lactones) is 1. The molecule has 0 spiro atoms. The zero-order chi connectivity index (χ0) is 20.1. The molecule has 2 aliphatic rings. The van der Waals surface area contributed by atoms with E-state index >= 15 is 0 Å². The molecule has 6 nitrogen and oxygen atoms in total. The molecule has 2 fully saturated rings. The van der Waals surface area contributed by atoms with Gasteiger partial charge in [-0.2, -0.15) is 0 Å². The van der Waals surface area contributed by atoms with Crippen molar-refractivity contribution in [2.24, 2.45) is 0 Å². The van der Waals surface area contributed by atoms with Crippen molar-refractivity contribution in [1.82, 2.24) is 15.1 Å². The number of rotatable bonds is 6. The van der Waals surface area contributed by atoms with Crippen molar-refractivity contribution in [3.05, 3.63) is 35.9 Å². The van der Waals surface area contributed by atoms with E-state index in [1.165, 1.54) is 5.56 Å². The van der Waals surface area contributed by atoms with Gasteiger partial charge in [0, 0.05) is 32.2 Å². The second-order valence-electron chi connectivity index (χ2n) is 8.57. The second kappa shape index (κ2) is 9.05. The molecule has 2 aliphatic heterocycles. The topological polar surface area (TPSA) is 61.9 Å². The van der Waals surface area contributed by atoms with Gasteiger partial charge in [0.05, 0.1) is 6.42 Å². The molecule has 0 saturated carbocycles. The average Bonchev–Trinajstić information content (AvgIpc) is 2.65. The molecule has 1 unspecified atom stereocenters. The lowest BCUT2D eigenvalue weighted by molar-refractivity contribution is -0.178. The van der Waals surface area contributed by atoms with Crippen LogP contribution in [0.2, 0.25) is 0 Å². The van der Waals surface area contributed by atoms with E-state index in [1.54, 1.807) is 0 Å². The largest absolute Gasteiger partial charge is 0.457 e. The lowest BCUT2D eigenvalue weighted by Crippen LogP contribution is -2.58. The maximum Gasteiger partial charge on any atom is 0.324 e. The number of piperidine rings is 1. The number of carbonyl (C=O) groups is 2. The van der Waals surface area contributed by atoms with Crippen LogP contribution in [0.15, 0.2) is 30.3 Å². The Labute approximate surface area is 168 Å². The maximum absolute atomic E-state index is 12.6. The monoisotopic (exact) mass is 387 g/mol. The number of amides is 1. The van der Waals surface area contributed by atoms with Crippen LogP contribution in [0.1, 0.15) is 45.6 Å². The molecule has 0 radical (unpaired) electrons. The lowest BCUT2D eigenvalue weighted by Gasteiger charge is -2.42. The van der Waals surface area contributed by atoms with E-state index in [-0.39, 0.29) is 24.3 Å². The Bertz CT molecular complexity index is 669. The quantitative estimate of drug-likeness (QED) is 0.758. The molecule has 154 valence electrons. The predicted molar refractivity (Wildman–Crippen MR) is 109 cm³/mol. The number of hydrogen-bond acceptors (Lipinski definition) is 5. The van der Waals surface area contributed by atoms with Crippen LogP contribution in [0.5, 0.6) is 0 Å². The molecule has 0 aromatic heterocycles. The summed E-state index contributed by atoms with van der Waals surface area (Å²) < 4.78 is 5.51. The Morgan fingerprint density at radius 2 is 1.89 bits per heavy atom. The molecule has 0 bridgehead atoms. The lowest BCUT2D eigenvalue weighted by atomic mass is 10.0. The van der Waals surface area contributed by atoms with E-state index < -0.39 is 11.6 Å². The molecule has 6 heteroatoms. The van der Waals surface area contributed by atoms with Gasteiger partial charge in [0.15, 0.2) is 0 Å². The number of carbonyl (C=O) groups excluding carboxylic acids is 2. The normalized spacial score (nSPS) is 24.0. The number of nitrogens with zero attached hydrogens (tertiary/aromatic N) is 2. The summed E-state index contributed by atoms with van der Waals surface area (Å²) >= 11 is 0. The summed E-state index contributed by atoms with van der Waals surface area (Å²) in [4.78, 5) is 29.4. The number of ether oxygens (including phenoxy) is 1. The SMILES string of the molecule is CCN1CC(C)(C)OC(=O)C1CC(=O)NC1CCN(Cc2ccccc2)CC1. The van der Waals surface area contributed by atoms with E-state index in [9.17, 15) is 9.59 Å². The molecule has 1 atom stereocenters. The van der Waals surface area contributed by atoms with Crippen molar-refractivity contribution >= 4 is 11.9 Å². The second-order valence-corrected chi connectivity index (χ2v) is 8.57. The molecule has 1 amide bonds. The summed E-state index contributed by atoms with van der Waals surface area (Å²) in [6, 6.07) is 10.2. The fourth-order valence-electron chi connectivity index (χ4n) is 4.20. The molecule has 28 heavy (non-hydrogen) atoms. The van der Waals surface area contributed by atoms with Crippen LogP contribution in [0.4, 0.5) is 0 Å². The van der Waals surface area contributed by atoms with Crippen molar-refractivity contribution in [2.45, 2.75) is 64.3 Å². The molecule has 1 N–H and O–H groups in total. The molecule has 3 rings (SSSR count). The zero-order valence-electron chi connectivity index (χ0n) is 17.3. The van der Waals surface area contributed by atoms with Gasteiger partial charge in [0.1, 0.15) is 11.6 Å². The minimum Gasteiger partial charge on any atom is -0.457 e. The Morgan fingerprint density at radius 3 is 2.54 bits per heavy atom. The van der Waals surface area contributed by atoms with Gasteiger partial charge in [-0.1, -0.05) is 37.3 Å². The first-order valence-corrected chi connectivity index (χ1v) is 10.4. The number of esters is 1. The highest BCUT2D eigenvalue weighted by Gasteiger charge is 2.41. The van der Waals surface area contributed by atoms with E-state index in [4.69, 9.17) is 4.74 Å². The van der Waals surface area contributed by atoms with E-state index in [1.807, 2.05) is 31.7 Å². The number of likely N-dealkylation sites (N-methyl/N-ethyl adjacent to an activating group) is 1. The molecule has 1 aromatic rings. The van der Waals surface area contributed by atoms with Crippen LogP contribution in [0, 0.1) is 0 Å². The van der Waals surface area contributed by atoms with E-state index in [2.05, 4.69) is 34.5 Å².